The van der Waals surface area contributed by atoms with Gasteiger partial charge < -0.3 is 5.32 Å². The summed E-state index contributed by atoms with van der Waals surface area (Å²) in [5.74, 6) is 0.00526. The van der Waals surface area contributed by atoms with Gasteiger partial charge in [-0.2, -0.15) is 5.10 Å². The monoisotopic (exact) mass is 327 g/mol. The average Bonchev–Trinajstić information content (AvgIpc) is 2.83. The molecule has 1 aliphatic heterocycles. The summed E-state index contributed by atoms with van der Waals surface area (Å²) in [6.07, 6.45) is 5.63. The zero-order valence-electron chi connectivity index (χ0n) is 14.6. The van der Waals surface area contributed by atoms with Crippen LogP contribution in [0, 0.1) is 13.8 Å². The highest BCUT2D eigenvalue weighted by Crippen LogP contribution is 2.16. The molecule has 1 fully saturated rings. The van der Waals surface area contributed by atoms with Gasteiger partial charge in [0.15, 0.2) is 0 Å². The number of hydrogen-bond donors (Lipinski definition) is 1. The first-order valence-electron chi connectivity index (χ1n) is 8.47. The molecule has 2 aromatic rings. The lowest BCUT2D eigenvalue weighted by atomic mass is 10.0. The second kappa shape index (κ2) is 7.13. The molecule has 1 N–H and O–H groups in total. The van der Waals surface area contributed by atoms with Crippen LogP contribution in [0.25, 0.3) is 0 Å². The highest BCUT2D eigenvalue weighted by atomic mass is 16.1. The second-order valence-electron chi connectivity index (χ2n) is 6.55. The highest BCUT2D eigenvalue weighted by Gasteiger charge is 2.24. The number of carbonyl (C=O) groups excluding carboxylic acids is 1. The van der Waals surface area contributed by atoms with Gasteiger partial charge in [-0.05, 0) is 44.4 Å². The van der Waals surface area contributed by atoms with E-state index in [0.717, 1.165) is 49.4 Å². The van der Waals surface area contributed by atoms with Crippen molar-refractivity contribution in [1.29, 1.82) is 0 Å². The van der Waals surface area contributed by atoms with Gasteiger partial charge >= 0.3 is 0 Å². The lowest BCUT2D eigenvalue weighted by molar-refractivity contribution is 0.0907. The molecule has 1 saturated heterocycles. The Hall–Kier alpha value is -2.21. The maximum Gasteiger partial charge on any atom is 0.255 e. The number of amides is 1. The first-order valence-corrected chi connectivity index (χ1v) is 8.47. The fourth-order valence-corrected chi connectivity index (χ4v) is 3.34. The highest BCUT2D eigenvalue weighted by molar-refractivity contribution is 5.96. The van der Waals surface area contributed by atoms with Crippen molar-refractivity contribution in [3.05, 3.63) is 47.0 Å². The van der Waals surface area contributed by atoms with Gasteiger partial charge in [-0.3, -0.25) is 19.4 Å². The normalized spacial score (nSPS) is 16.3. The predicted molar refractivity (Wildman–Crippen MR) is 92.7 cm³/mol. The summed E-state index contributed by atoms with van der Waals surface area (Å²) in [4.78, 5) is 19.0. The first kappa shape index (κ1) is 16.6. The van der Waals surface area contributed by atoms with Gasteiger partial charge in [0.2, 0.25) is 0 Å². The van der Waals surface area contributed by atoms with Crippen molar-refractivity contribution in [1.82, 2.24) is 25.0 Å². The fourth-order valence-electron chi connectivity index (χ4n) is 3.34. The van der Waals surface area contributed by atoms with E-state index >= 15 is 0 Å². The number of hydrogen-bond acceptors (Lipinski definition) is 4. The van der Waals surface area contributed by atoms with Crippen LogP contribution in [0.4, 0.5) is 0 Å². The van der Waals surface area contributed by atoms with E-state index in [1.54, 1.807) is 4.68 Å². The lowest BCUT2D eigenvalue weighted by Gasteiger charge is -2.32. The van der Waals surface area contributed by atoms with E-state index in [9.17, 15) is 4.79 Å². The molecule has 0 spiro atoms. The standard InChI is InChI=1S/C18H25N5O/c1-13-17(14(2)22(3)21-13)18(24)20-16-6-10-23(11-7-16)12-15-4-8-19-9-5-15/h4-5,8-9,16H,6-7,10-12H2,1-3H3,(H,20,24). The van der Waals surface area contributed by atoms with Crippen molar-refractivity contribution in [3.63, 3.8) is 0 Å². The number of likely N-dealkylation sites (tertiary alicyclic amines) is 1. The van der Waals surface area contributed by atoms with E-state index in [0.29, 0.717) is 0 Å². The van der Waals surface area contributed by atoms with Crippen LogP contribution in [0.1, 0.15) is 40.2 Å². The Bertz CT molecular complexity index is 702. The molecular formula is C18H25N5O. The Balaban J connectivity index is 1.53. The molecule has 24 heavy (non-hydrogen) atoms. The zero-order chi connectivity index (χ0) is 17.1. The van der Waals surface area contributed by atoms with E-state index in [1.807, 2.05) is 33.3 Å². The number of carbonyl (C=O) groups is 1. The first-order chi connectivity index (χ1) is 11.5. The summed E-state index contributed by atoms with van der Waals surface area (Å²) in [6.45, 7) is 6.77. The summed E-state index contributed by atoms with van der Waals surface area (Å²) in [5.41, 5.74) is 3.72. The van der Waals surface area contributed by atoms with Gasteiger partial charge in [-0.1, -0.05) is 0 Å². The molecule has 0 bridgehead atoms. The van der Waals surface area contributed by atoms with Crippen LogP contribution < -0.4 is 5.32 Å². The molecule has 1 amide bonds. The van der Waals surface area contributed by atoms with Crippen LogP contribution in [0.2, 0.25) is 0 Å². The molecule has 0 unspecified atom stereocenters. The largest absolute Gasteiger partial charge is 0.349 e. The maximum absolute atomic E-state index is 12.6. The van der Waals surface area contributed by atoms with Crippen LogP contribution in [0.15, 0.2) is 24.5 Å². The Morgan fingerprint density at radius 1 is 1.25 bits per heavy atom. The van der Waals surface area contributed by atoms with Gasteiger partial charge in [-0.25, -0.2) is 0 Å². The lowest BCUT2D eigenvalue weighted by Crippen LogP contribution is -2.44. The molecule has 3 rings (SSSR count). The molecule has 3 heterocycles. The summed E-state index contributed by atoms with van der Waals surface area (Å²) in [7, 11) is 1.87. The maximum atomic E-state index is 12.6. The number of nitrogens with zero attached hydrogens (tertiary/aromatic N) is 4. The van der Waals surface area contributed by atoms with Crippen LogP contribution in [0.3, 0.4) is 0 Å². The molecule has 0 aromatic carbocycles. The third kappa shape index (κ3) is 3.64. The molecule has 6 nitrogen and oxygen atoms in total. The summed E-state index contributed by atoms with van der Waals surface area (Å²) >= 11 is 0. The Morgan fingerprint density at radius 2 is 1.92 bits per heavy atom. The predicted octanol–water partition coefficient (Wildman–Crippen LogP) is 1.83. The fraction of sp³-hybridized carbons (Fsp3) is 0.500. The SMILES string of the molecule is Cc1nn(C)c(C)c1C(=O)NC1CCN(Cc2ccncc2)CC1. The van der Waals surface area contributed by atoms with Crippen LogP contribution in [-0.2, 0) is 13.6 Å². The zero-order valence-corrected chi connectivity index (χ0v) is 14.6. The number of rotatable bonds is 4. The van der Waals surface area contributed by atoms with Crippen LogP contribution >= 0.6 is 0 Å². The van der Waals surface area contributed by atoms with Gasteiger partial charge in [0.1, 0.15) is 0 Å². The Morgan fingerprint density at radius 3 is 2.50 bits per heavy atom. The quantitative estimate of drug-likeness (QED) is 0.930. The van der Waals surface area contributed by atoms with Gasteiger partial charge in [-0.15, -0.1) is 0 Å². The number of nitrogens with one attached hydrogen (secondary N) is 1. The number of aryl methyl sites for hydroxylation is 2. The molecule has 0 saturated carbocycles. The van der Waals surface area contributed by atoms with E-state index < -0.39 is 0 Å². The van der Waals surface area contributed by atoms with E-state index in [1.165, 1.54) is 5.56 Å². The molecule has 128 valence electrons. The van der Waals surface area contributed by atoms with Crippen molar-refractivity contribution < 1.29 is 4.79 Å². The third-order valence-corrected chi connectivity index (χ3v) is 4.81. The Labute approximate surface area is 142 Å². The van der Waals surface area contributed by atoms with E-state index in [-0.39, 0.29) is 11.9 Å². The number of piperidine rings is 1. The topological polar surface area (TPSA) is 63.1 Å². The van der Waals surface area contributed by atoms with Crippen LogP contribution in [0.5, 0.6) is 0 Å². The van der Waals surface area contributed by atoms with Gasteiger partial charge in [0, 0.05) is 50.8 Å². The summed E-state index contributed by atoms with van der Waals surface area (Å²) < 4.78 is 1.77. The van der Waals surface area contributed by atoms with Gasteiger partial charge in [0.05, 0.1) is 11.3 Å². The third-order valence-electron chi connectivity index (χ3n) is 4.81. The molecule has 2 aromatic heterocycles. The molecule has 0 radical (unpaired) electrons. The minimum atomic E-state index is 0.00526. The number of aromatic nitrogens is 3. The second-order valence-corrected chi connectivity index (χ2v) is 6.55. The summed E-state index contributed by atoms with van der Waals surface area (Å²) in [6, 6.07) is 4.36. The van der Waals surface area contributed by atoms with E-state index in [2.05, 4.69) is 32.4 Å². The van der Waals surface area contributed by atoms with Crippen molar-refractivity contribution in [2.45, 2.75) is 39.3 Å². The number of pyridine rings is 1. The van der Waals surface area contributed by atoms with Crippen LogP contribution in [-0.4, -0.2) is 44.7 Å². The van der Waals surface area contributed by atoms with Gasteiger partial charge in [0.25, 0.3) is 5.91 Å². The van der Waals surface area contributed by atoms with E-state index in [4.69, 9.17) is 0 Å². The van der Waals surface area contributed by atoms with Crippen molar-refractivity contribution >= 4 is 5.91 Å². The molecule has 0 aliphatic carbocycles. The average molecular weight is 327 g/mol. The minimum absolute atomic E-state index is 0.00526. The molecule has 6 heteroatoms. The molecular weight excluding hydrogens is 302 g/mol. The summed E-state index contributed by atoms with van der Waals surface area (Å²) in [5, 5.41) is 7.51. The smallest absolute Gasteiger partial charge is 0.255 e. The molecule has 0 atom stereocenters. The van der Waals surface area contributed by atoms with Crippen molar-refractivity contribution in [2.24, 2.45) is 7.05 Å². The van der Waals surface area contributed by atoms with Crippen molar-refractivity contribution in [2.75, 3.05) is 13.1 Å². The minimum Gasteiger partial charge on any atom is -0.349 e. The molecule has 1 aliphatic rings. The van der Waals surface area contributed by atoms with Crippen molar-refractivity contribution in [3.8, 4) is 0 Å². The Kier molecular flexibility index (Phi) is 4.94.